The first-order valence-electron chi connectivity index (χ1n) is 6.66. The molecule has 0 saturated carbocycles. The van der Waals surface area contributed by atoms with Crippen molar-refractivity contribution in [3.05, 3.63) is 11.7 Å². The summed E-state index contributed by atoms with van der Waals surface area (Å²) in [5.41, 5.74) is 0. The van der Waals surface area contributed by atoms with Gasteiger partial charge >= 0.3 is 0 Å². The van der Waals surface area contributed by atoms with Crippen molar-refractivity contribution in [3.8, 4) is 0 Å². The molecule has 1 heterocycles. The summed E-state index contributed by atoms with van der Waals surface area (Å²) in [5, 5.41) is 6.86. The fraction of sp³-hybridized carbons (Fsp3) is 0.818. The Bertz CT molecular complexity index is 488. The third kappa shape index (κ3) is 5.95. The molecule has 0 amide bonds. The van der Waals surface area contributed by atoms with Crippen LogP contribution in [0.2, 0.25) is 0 Å². The number of hydrogen-bond acceptors (Lipinski definition) is 6. The molecule has 1 aromatic heterocycles. The molecule has 0 radical (unpaired) electrons. The van der Waals surface area contributed by atoms with Gasteiger partial charge in [0.25, 0.3) is 10.2 Å². The average Bonchev–Trinajstić information content (AvgIpc) is 2.82. The molecule has 20 heavy (non-hydrogen) atoms. The van der Waals surface area contributed by atoms with E-state index in [1.807, 2.05) is 0 Å². The van der Waals surface area contributed by atoms with E-state index in [2.05, 4.69) is 27.1 Å². The molecule has 8 nitrogen and oxygen atoms in total. The SMILES string of the molecule is CCCNCCCN(C)S(=O)(=O)NCc1noc(C)n1. The molecule has 2 N–H and O–H groups in total. The monoisotopic (exact) mass is 305 g/mol. The maximum atomic E-state index is 11.9. The first kappa shape index (κ1) is 17.0. The molecule has 0 aliphatic rings. The van der Waals surface area contributed by atoms with Crippen LogP contribution in [0.4, 0.5) is 0 Å². The van der Waals surface area contributed by atoms with Gasteiger partial charge in [0.15, 0.2) is 5.82 Å². The van der Waals surface area contributed by atoms with Crippen molar-refractivity contribution in [2.45, 2.75) is 33.2 Å². The Hall–Kier alpha value is -1.03. The summed E-state index contributed by atoms with van der Waals surface area (Å²) < 4.78 is 32.4. The third-order valence-electron chi connectivity index (χ3n) is 2.65. The molecular formula is C11H23N5O3S. The molecule has 0 aromatic carbocycles. The van der Waals surface area contributed by atoms with Crippen LogP contribution in [0, 0.1) is 6.92 Å². The number of aromatic nitrogens is 2. The molecule has 0 atom stereocenters. The van der Waals surface area contributed by atoms with E-state index in [9.17, 15) is 8.42 Å². The van der Waals surface area contributed by atoms with Crippen molar-refractivity contribution >= 4 is 10.2 Å². The number of nitrogens with zero attached hydrogens (tertiary/aromatic N) is 3. The lowest BCUT2D eigenvalue weighted by molar-refractivity contribution is 0.386. The Morgan fingerprint density at radius 2 is 2.10 bits per heavy atom. The minimum absolute atomic E-state index is 0.0259. The Morgan fingerprint density at radius 3 is 2.70 bits per heavy atom. The fourth-order valence-electron chi connectivity index (χ4n) is 1.53. The van der Waals surface area contributed by atoms with E-state index in [0.29, 0.717) is 18.3 Å². The Balaban J connectivity index is 2.31. The van der Waals surface area contributed by atoms with Gasteiger partial charge in [-0.1, -0.05) is 12.1 Å². The average molecular weight is 305 g/mol. The van der Waals surface area contributed by atoms with Crippen LogP contribution < -0.4 is 10.0 Å². The van der Waals surface area contributed by atoms with E-state index in [1.54, 1.807) is 14.0 Å². The van der Waals surface area contributed by atoms with Crippen molar-refractivity contribution in [3.63, 3.8) is 0 Å². The summed E-state index contributed by atoms with van der Waals surface area (Å²) in [5.74, 6) is 0.735. The molecule has 0 aliphatic carbocycles. The third-order valence-corrected chi connectivity index (χ3v) is 4.16. The minimum atomic E-state index is -3.51. The van der Waals surface area contributed by atoms with E-state index in [-0.39, 0.29) is 6.54 Å². The van der Waals surface area contributed by atoms with Crippen molar-refractivity contribution in [1.29, 1.82) is 0 Å². The predicted molar refractivity (Wildman–Crippen MR) is 75.2 cm³/mol. The van der Waals surface area contributed by atoms with E-state index in [1.165, 1.54) is 4.31 Å². The summed E-state index contributed by atoms with van der Waals surface area (Å²) in [6.45, 7) is 5.98. The van der Waals surface area contributed by atoms with E-state index < -0.39 is 10.2 Å². The topological polar surface area (TPSA) is 100 Å². The van der Waals surface area contributed by atoms with Crippen LogP contribution in [0.25, 0.3) is 0 Å². The van der Waals surface area contributed by atoms with E-state index in [0.717, 1.165) is 25.9 Å². The zero-order valence-electron chi connectivity index (χ0n) is 12.2. The lowest BCUT2D eigenvalue weighted by Crippen LogP contribution is -2.39. The van der Waals surface area contributed by atoms with Crippen LogP contribution in [0.3, 0.4) is 0 Å². The van der Waals surface area contributed by atoms with Gasteiger partial charge in [0.2, 0.25) is 5.89 Å². The van der Waals surface area contributed by atoms with Crippen LogP contribution in [0.15, 0.2) is 4.52 Å². The highest BCUT2D eigenvalue weighted by molar-refractivity contribution is 7.87. The summed E-state index contributed by atoms with van der Waals surface area (Å²) in [6, 6.07) is 0. The second-order valence-electron chi connectivity index (χ2n) is 4.48. The van der Waals surface area contributed by atoms with E-state index >= 15 is 0 Å². The lowest BCUT2D eigenvalue weighted by Gasteiger charge is -2.17. The van der Waals surface area contributed by atoms with Crippen molar-refractivity contribution < 1.29 is 12.9 Å². The zero-order chi connectivity index (χ0) is 15.0. The van der Waals surface area contributed by atoms with Gasteiger partial charge in [0.05, 0.1) is 6.54 Å². The first-order chi connectivity index (χ1) is 9.45. The molecule has 9 heteroatoms. The standard InChI is InChI=1S/C11H23N5O3S/c1-4-6-12-7-5-8-16(3)20(17,18)13-9-11-14-10(2)19-15-11/h12-13H,4-9H2,1-3H3. The Labute approximate surface area is 120 Å². The summed E-state index contributed by atoms with van der Waals surface area (Å²) in [4.78, 5) is 3.94. The van der Waals surface area contributed by atoms with Gasteiger partial charge in [-0.2, -0.15) is 22.4 Å². The summed E-state index contributed by atoms with van der Waals surface area (Å²) in [6.07, 6.45) is 1.83. The zero-order valence-corrected chi connectivity index (χ0v) is 13.0. The summed E-state index contributed by atoms with van der Waals surface area (Å²) in [7, 11) is -1.96. The van der Waals surface area contributed by atoms with Gasteiger partial charge in [-0.15, -0.1) is 0 Å². The highest BCUT2D eigenvalue weighted by Crippen LogP contribution is 1.99. The molecule has 0 saturated heterocycles. The Morgan fingerprint density at radius 1 is 1.35 bits per heavy atom. The second-order valence-corrected chi connectivity index (χ2v) is 6.34. The largest absolute Gasteiger partial charge is 0.340 e. The van der Waals surface area contributed by atoms with Gasteiger partial charge < -0.3 is 9.84 Å². The Kier molecular flexibility index (Phi) is 7.06. The molecule has 0 unspecified atom stereocenters. The van der Waals surface area contributed by atoms with Crippen LogP contribution in [0.1, 0.15) is 31.5 Å². The van der Waals surface area contributed by atoms with Crippen molar-refractivity contribution in [2.75, 3.05) is 26.7 Å². The maximum Gasteiger partial charge on any atom is 0.279 e. The van der Waals surface area contributed by atoms with Crippen molar-refractivity contribution in [2.24, 2.45) is 0 Å². The van der Waals surface area contributed by atoms with Gasteiger partial charge in [0, 0.05) is 20.5 Å². The number of hydrogen-bond donors (Lipinski definition) is 2. The molecule has 0 bridgehead atoms. The van der Waals surface area contributed by atoms with E-state index in [4.69, 9.17) is 4.52 Å². The number of nitrogens with one attached hydrogen (secondary N) is 2. The first-order valence-corrected chi connectivity index (χ1v) is 8.10. The molecular weight excluding hydrogens is 282 g/mol. The fourth-order valence-corrected chi connectivity index (χ4v) is 2.43. The van der Waals surface area contributed by atoms with Gasteiger partial charge in [-0.3, -0.25) is 0 Å². The predicted octanol–water partition coefficient (Wildman–Crippen LogP) is 0.0339. The van der Waals surface area contributed by atoms with Crippen LogP contribution >= 0.6 is 0 Å². The highest BCUT2D eigenvalue weighted by Gasteiger charge is 2.17. The van der Waals surface area contributed by atoms with Crippen LogP contribution in [0.5, 0.6) is 0 Å². The quantitative estimate of drug-likeness (QED) is 0.592. The summed E-state index contributed by atoms with van der Waals surface area (Å²) >= 11 is 0. The van der Waals surface area contributed by atoms with Crippen molar-refractivity contribution in [1.82, 2.24) is 24.5 Å². The molecule has 1 aromatic rings. The second kappa shape index (κ2) is 8.30. The van der Waals surface area contributed by atoms with Gasteiger partial charge in [-0.05, 0) is 25.9 Å². The number of rotatable bonds is 10. The molecule has 0 aliphatic heterocycles. The van der Waals surface area contributed by atoms with Gasteiger partial charge in [0.1, 0.15) is 0 Å². The van der Waals surface area contributed by atoms with Crippen LogP contribution in [-0.4, -0.2) is 49.5 Å². The molecule has 1 rings (SSSR count). The maximum absolute atomic E-state index is 11.9. The number of aryl methyl sites for hydroxylation is 1. The van der Waals surface area contributed by atoms with Crippen LogP contribution in [-0.2, 0) is 16.8 Å². The highest BCUT2D eigenvalue weighted by atomic mass is 32.2. The smallest absolute Gasteiger partial charge is 0.279 e. The lowest BCUT2D eigenvalue weighted by atomic mass is 10.4. The molecule has 116 valence electrons. The normalized spacial score (nSPS) is 12.2. The van der Waals surface area contributed by atoms with Gasteiger partial charge in [-0.25, -0.2) is 0 Å². The molecule has 0 fully saturated rings. The molecule has 0 spiro atoms. The minimum Gasteiger partial charge on any atom is -0.340 e.